The van der Waals surface area contributed by atoms with Crippen LogP contribution in [0.2, 0.25) is 0 Å². The molecule has 0 aliphatic carbocycles. The Labute approximate surface area is 54.9 Å². The second-order valence-electron chi connectivity index (χ2n) is 2.00. The molecule has 0 aromatic carbocycles. The van der Waals surface area contributed by atoms with Gasteiger partial charge in [0, 0.05) is 6.54 Å². The third-order valence-electron chi connectivity index (χ3n) is 1.11. The van der Waals surface area contributed by atoms with Gasteiger partial charge >= 0.3 is 0 Å². The van der Waals surface area contributed by atoms with E-state index in [-0.39, 0.29) is 0 Å². The molecule has 0 amide bonds. The van der Waals surface area contributed by atoms with Crippen LogP contribution in [0.3, 0.4) is 0 Å². The van der Waals surface area contributed by atoms with Gasteiger partial charge in [-0.15, -0.1) is 4.68 Å². The summed E-state index contributed by atoms with van der Waals surface area (Å²) in [6.07, 6.45) is 5.94. The third kappa shape index (κ3) is 1.45. The van der Waals surface area contributed by atoms with Crippen molar-refractivity contribution in [3.8, 4) is 0 Å². The quantitative estimate of drug-likeness (QED) is 0.548. The van der Waals surface area contributed by atoms with Crippen LogP contribution in [-0.4, -0.2) is 11.2 Å². The lowest BCUT2D eigenvalue weighted by molar-refractivity contribution is -0.670. The van der Waals surface area contributed by atoms with Crippen molar-refractivity contribution in [1.82, 2.24) is 4.68 Å². The molecule has 0 saturated heterocycles. The Morgan fingerprint density at radius 3 is 2.89 bits per heavy atom. The molecule has 0 spiro atoms. The number of aryl methyl sites for hydroxylation is 1. The van der Waals surface area contributed by atoms with E-state index in [1.165, 1.54) is 0 Å². The Hall–Kier alpha value is -0.990. The van der Waals surface area contributed by atoms with Crippen LogP contribution < -0.4 is 9.99 Å². The zero-order chi connectivity index (χ0) is 6.69. The number of nitrogens with zero attached hydrogens (tertiary/aromatic N) is 2. The fourth-order valence-electron chi connectivity index (χ4n) is 0.726. The Kier molecular flexibility index (Phi) is 1.72. The molecule has 1 aromatic rings. The summed E-state index contributed by atoms with van der Waals surface area (Å²) in [5.41, 5.74) is 3.12. The molecule has 0 unspecified atom stereocenters. The molecule has 1 rings (SSSR count). The van der Waals surface area contributed by atoms with E-state index in [1.54, 1.807) is 0 Å². The van der Waals surface area contributed by atoms with Gasteiger partial charge in [0.25, 0.3) is 6.33 Å². The van der Waals surface area contributed by atoms with Crippen molar-refractivity contribution in [3.05, 3.63) is 18.7 Å². The smallest absolute Gasteiger partial charge is 0.257 e. The highest BCUT2D eigenvalue weighted by atomic mass is 15.4. The van der Waals surface area contributed by atoms with Gasteiger partial charge in [0.05, 0.1) is 7.05 Å². The molecule has 3 nitrogen and oxygen atoms in total. The van der Waals surface area contributed by atoms with Crippen LogP contribution in [0.25, 0.3) is 0 Å². The largest absolute Gasteiger partial charge is 0.266 e. The lowest BCUT2D eigenvalue weighted by Crippen LogP contribution is -2.25. The summed E-state index contributed by atoms with van der Waals surface area (Å²) in [6.45, 7) is 3.02. The van der Waals surface area contributed by atoms with Crippen molar-refractivity contribution in [3.63, 3.8) is 0 Å². The molecule has 0 radical (unpaired) electrons. The average Bonchev–Trinajstić information content (AvgIpc) is 2.17. The molecule has 1 aromatic heterocycles. The van der Waals surface area contributed by atoms with Crippen molar-refractivity contribution in [2.75, 3.05) is 12.0 Å². The summed E-state index contributed by atoms with van der Waals surface area (Å²) in [5.74, 6) is 0. The molecule has 0 fully saturated rings. The van der Waals surface area contributed by atoms with Gasteiger partial charge in [-0.3, -0.25) is 5.43 Å². The van der Waals surface area contributed by atoms with Crippen LogP contribution in [0.15, 0.2) is 18.7 Å². The van der Waals surface area contributed by atoms with Crippen LogP contribution in [0.4, 0.5) is 0 Å². The minimum atomic E-state index is 0.953. The second kappa shape index (κ2) is 2.53. The first-order valence-corrected chi connectivity index (χ1v) is 3.10. The van der Waals surface area contributed by atoms with Crippen molar-refractivity contribution in [1.29, 1.82) is 0 Å². The first kappa shape index (κ1) is 6.13. The SMILES string of the molecule is CCNn1cc[n+](C)c1. The maximum atomic E-state index is 3.12. The Morgan fingerprint density at radius 2 is 2.44 bits per heavy atom. The number of nitrogens with one attached hydrogen (secondary N) is 1. The highest BCUT2D eigenvalue weighted by Crippen LogP contribution is 1.74. The van der Waals surface area contributed by atoms with Crippen LogP contribution in [0, 0.1) is 0 Å². The van der Waals surface area contributed by atoms with E-state index in [0.29, 0.717) is 0 Å². The van der Waals surface area contributed by atoms with E-state index >= 15 is 0 Å². The highest BCUT2D eigenvalue weighted by molar-refractivity contribution is 4.72. The van der Waals surface area contributed by atoms with Gasteiger partial charge < -0.3 is 0 Å². The molecule has 50 valence electrons. The lowest BCUT2D eigenvalue weighted by atomic mass is 10.8. The van der Waals surface area contributed by atoms with Gasteiger partial charge in [-0.25, -0.2) is 4.57 Å². The van der Waals surface area contributed by atoms with Gasteiger partial charge in [-0.2, -0.15) is 0 Å². The summed E-state index contributed by atoms with van der Waals surface area (Å²) in [5, 5.41) is 0. The van der Waals surface area contributed by atoms with E-state index < -0.39 is 0 Å². The highest BCUT2D eigenvalue weighted by Gasteiger charge is 1.93. The molecule has 0 bridgehead atoms. The van der Waals surface area contributed by atoms with E-state index in [2.05, 4.69) is 12.3 Å². The monoisotopic (exact) mass is 126 g/mol. The fraction of sp³-hybridized carbons (Fsp3) is 0.500. The summed E-state index contributed by atoms with van der Waals surface area (Å²) < 4.78 is 3.92. The zero-order valence-electron chi connectivity index (χ0n) is 5.83. The Morgan fingerprint density at radius 1 is 1.67 bits per heavy atom. The molecule has 0 atom stereocenters. The minimum absolute atomic E-state index is 0.953. The van der Waals surface area contributed by atoms with Gasteiger partial charge in [0.1, 0.15) is 6.20 Å². The topological polar surface area (TPSA) is 20.8 Å². The van der Waals surface area contributed by atoms with E-state index in [4.69, 9.17) is 0 Å². The van der Waals surface area contributed by atoms with Crippen LogP contribution in [-0.2, 0) is 7.05 Å². The second-order valence-corrected chi connectivity index (χ2v) is 2.00. The molecule has 0 aliphatic heterocycles. The summed E-state index contributed by atoms with van der Waals surface area (Å²) in [7, 11) is 1.99. The summed E-state index contributed by atoms with van der Waals surface area (Å²) in [6, 6.07) is 0. The van der Waals surface area contributed by atoms with Crippen molar-refractivity contribution in [2.24, 2.45) is 7.05 Å². The number of hydrogen-bond acceptors (Lipinski definition) is 1. The zero-order valence-corrected chi connectivity index (χ0v) is 5.83. The first-order valence-electron chi connectivity index (χ1n) is 3.10. The number of rotatable bonds is 2. The lowest BCUT2D eigenvalue weighted by Gasteiger charge is -1.91. The Bertz CT molecular complexity index is 180. The molecule has 1 N–H and O–H groups in total. The van der Waals surface area contributed by atoms with Gasteiger partial charge in [0.2, 0.25) is 0 Å². The molecular weight excluding hydrogens is 114 g/mol. The molecular formula is C6H12N3+. The van der Waals surface area contributed by atoms with E-state index in [1.807, 2.05) is 35.0 Å². The third-order valence-corrected chi connectivity index (χ3v) is 1.11. The maximum absolute atomic E-state index is 3.12. The van der Waals surface area contributed by atoms with Crippen molar-refractivity contribution in [2.45, 2.75) is 6.92 Å². The van der Waals surface area contributed by atoms with Crippen LogP contribution >= 0.6 is 0 Å². The maximum Gasteiger partial charge on any atom is 0.266 e. The normalized spacial score (nSPS) is 9.56. The standard InChI is InChI=1S/C6H12N3/c1-3-7-9-5-4-8(2)6-9/h4-7H,3H2,1-2H3/q+1. The van der Waals surface area contributed by atoms with Gasteiger partial charge in [-0.05, 0) is 6.92 Å². The summed E-state index contributed by atoms with van der Waals surface area (Å²) in [4.78, 5) is 0. The number of imidazole rings is 1. The predicted molar refractivity (Wildman–Crippen MR) is 35.5 cm³/mol. The van der Waals surface area contributed by atoms with Crippen molar-refractivity contribution < 1.29 is 4.57 Å². The van der Waals surface area contributed by atoms with Gasteiger partial charge in [0.15, 0.2) is 6.20 Å². The molecule has 1 heterocycles. The van der Waals surface area contributed by atoms with Crippen LogP contribution in [0.5, 0.6) is 0 Å². The van der Waals surface area contributed by atoms with E-state index in [0.717, 1.165) is 6.54 Å². The molecule has 3 heteroatoms. The Balaban J connectivity index is 2.61. The summed E-state index contributed by atoms with van der Waals surface area (Å²) >= 11 is 0. The van der Waals surface area contributed by atoms with Crippen LogP contribution in [0.1, 0.15) is 6.92 Å². The molecule has 9 heavy (non-hydrogen) atoms. The fourth-order valence-corrected chi connectivity index (χ4v) is 0.726. The van der Waals surface area contributed by atoms with E-state index in [9.17, 15) is 0 Å². The van der Waals surface area contributed by atoms with Crippen molar-refractivity contribution >= 4 is 0 Å². The first-order chi connectivity index (χ1) is 4.33. The molecule has 0 saturated carbocycles. The van der Waals surface area contributed by atoms with Gasteiger partial charge in [-0.1, -0.05) is 0 Å². The average molecular weight is 126 g/mol. The molecule has 0 aliphatic rings. The minimum Gasteiger partial charge on any atom is -0.257 e. The number of hydrogen-bond donors (Lipinski definition) is 1. The number of aromatic nitrogens is 2. The predicted octanol–water partition coefficient (Wildman–Crippen LogP) is -0.124.